The van der Waals surface area contributed by atoms with Gasteiger partial charge < -0.3 is 19.4 Å². The number of piperidine rings is 1. The zero-order chi connectivity index (χ0) is 21.8. The van der Waals surface area contributed by atoms with E-state index < -0.39 is 0 Å². The third-order valence-corrected chi connectivity index (χ3v) is 6.51. The molecule has 9 heteroatoms. The molecule has 1 amide bonds. The quantitative estimate of drug-likeness (QED) is 0.752. The lowest BCUT2D eigenvalue weighted by Crippen LogP contribution is -2.44. The second-order valence-corrected chi connectivity index (χ2v) is 8.75. The molecule has 0 unspecified atom stereocenters. The number of nitrogens with one attached hydrogen (secondary N) is 1. The highest BCUT2D eigenvalue weighted by atomic mass is 16.5. The molecule has 0 aromatic carbocycles. The molecule has 2 aliphatic heterocycles. The van der Waals surface area contributed by atoms with Crippen LogP contribution in [0, 0.1) is 5.41 Å². The van der Waals surface area contributed by atoms with Gasteiger partial charge in [0, 0.05) is 36.3 Å². The number of fused-ring (bicyclic) bond motifs is 1. The van der Waals surface area contributed by atoms with E-state index in [1.54, 1.807) is 13.3 Å². The molecule has 0 bridgehead atoms. The average Bonchev–Trinajstić information content (AvgIpc) is 3.09. The maximum atomic E-state index is 12.7. The lowest BCUT2D eigenvalue weighted by atomic mass is 9.78. The van der Waals surface area contributed by atoms with Crippen molar-refractivity contribution in [2.75, 3.05) is 26.8 Å². The van der Waals surface area contributed by atoms with E-state index in [1.165, 1.54) is 0 Å². The van der Waals surface area contributed by atoms with Crippen LogP contribution in [0.1, 0.15) is 55.1 Å². The number of nitrogens with zero attached hydrogens (tertiary/aromatic N) is 5. The van der Waals surface area contributed by atoms with Crippen LogP contribution in [0.3, 0.4) is 0 Å². The van der Waals surface area contributed by atoms with Crippen molar-refractivity contribution in [2.45, 2.75) is 58.8 Å². The first kappa shape index (κ1) is 21.7. The molecule has 1 fully saturated rings. The van der Waals surface area contributed by atoms with Gasteiger partial charge in [-0.05, 0) is 45.3 Å². The number of methoxy groups -OCH3 is 1. The predicted molar refractivity (Wildman–Crippen MR) is 115 cm³/mol. The molecule has 2 aliphatic rings. The van der Waals surface area contributed by atoms with Crippen molar-refractivity contribution in [2.24, 2.45) is 5.41 Å². The van der Waals surface area contributed by atoms with E-state index in [1.807, 2.05) is 24.5 Å². The summed E-state index contributed by atoms with van der Waals surface area (Å²) in [5.74, 6) is 1.65. The third kappa shape index (κ3) is 4.72. The second kappa shape index (κ2) is 9.32. The van der Waals surface area contributed by atoms with Crippen molar-refractivity contribution in [1.29, 1.82) is 0 Å². The number of aromatic nitrogens is 4. The Hall–Kier alpha value is -2.52. The lowest BCUT2D eigenvalue weighted by molar-refractivity contribution is -0.00583. The zero-order valence-electron chi connectivity index (χ0n) is 18.6. The molecule has 1 saturated heterocycles. The topological polar surface area (TPSA) is 94.4 Å². The smallest absolute Gasteiger partial charge is 0.289 e. The summed E-state index contributed by atoms with van der Waals surface area (Å²) in [6.07, 6.45) is 4.60. The van der Waals surface area contributed by atoms with Crippen molar-refractivity contribution in [1.82, 2.24) is 30.0 Å². The van der Waals surface area contributed by atoms with E-state index in [2.05, 4.69) is 31.5 Å². The number of carbonyl (C=O) groups excluding carboxylic acids is 1. The van der Waals surface area contributed by atoms with Crippen molar-refractivity contribution in [3.8, 4) is 5.88 Å². The van der Waals surface area contributed by atoms with Gasteiger partial charge in [-0.25, -0.2) is 4.98 Å². The summed E-state index contributed by atoms with van der Waals surface area (Å²) in [4.78, 5) is 19.5. The van der Waals surface area contributed by atoms with Crippen LogP contribution in [-0.4, -0.2) is 63.4 Å². The van der Waals surface area contributed by atoms with E-state index >= 15 is 0 Å². The molecule has 4 heterocycles. The van der Waals surface area contributed by atoms with Gasteiger partial charge in [-0.15, -0.1) is 10.2 Å². The predicted octanol–water partition coefficient (Wildman–Crippen LogP) is 2.02. The van der Waals surface area contributed by atoms with Crippen molar-refractivity contribution in [3.05, 3.63) is 35.5 Å². The molecule has 1 atom stereocenters. The normalized spacial score (nSPS) is 19.5. The number of ether oxygens (including phenoxy) is 2. The van der Waals surface area contributed by atoms with Gasteiger partial charge in [-0.3, -0.25) is 9.69 Å². The Morgan fingerprint density at radius 3 is 2.90 bits per heavy atom. The fourth-order valence-corrected chi connectivity index (χ4v) is 4.36. The Bertz CT molecular complexity index is 906. The van der Waals surface area contributed by atoms with Crippen LogP contribution < -0.4 is 10.1 Å². The van der Waals surface area contributed by atoms with Crippen LogP contribution in [-0.2, 0) is 24.4 Å². The molecule has 4 rings (SSSR count). The van der Waals surface area contributed by atoms with Gasteiger partial charge in [-0.1, -0.05) is 13.0 Å². The first-order valence-electron chi connectivity index (χ1n) is 11.0. The Labute approximate surface area is 183 Å². The molecular formula is C22H32N6O3. The monoisotopic (exact) mass is 428 g/mol. The minimum absolute atomic E-state index is 0.0193. The van der Waals surface area contributed by atoms with E-state index in [0.29, 0.717) is 31.5 Å². The molecule has 0 saturated carbocycles. The zero-order valence-corrected chi connectivity index (χ0v) is 18.6. The standard InChI is InChI=1S/C22H32N6O3/c1-4-16(2)24-20(29)19-26-25-18-13-31-15-22(14-28(18)19)7-10-27(11-8-22)12-17-6-5-9-23-21(17)30-3/h5-6,9,16H,4,7-8,10-15H2,1-3H3,(H,24,29)/t16-/m1/s1. The summed E-state index contributed by atoms with van der Waals surface area (Å²) in [5.41, 5.74) is 1.08. The van der Waals surface area contributed by atoms with Gasteiger partial charge in [0.05, 0.1) is 13.7 Å². The number of hydrogen-bond acceptors (Lipinski definition) is 7. The average molecular weight is 429 g/mol. The van der Waals surface area contributed by atoms with Gasteiger partial charge in [0.25, 0.3) is 5.91 Å². The van der Waals surface area contributed by atoms with Crippen molar-refractivity contribution < 1.29 is 14.3 Å². The molecule has 1 spiro atoms. The fourth-order valence-electron chi connectivity index (χ4n) is 4.36. The maximum absolute atomic E-state index is 12.7. The Morgan fingerprint density at radius 2 is 2.16 bits per heavy atom. The van der Waals surface area contributed by atoms with Gasteiger partial charge in [0.1, 0.15) is 6.61 Å². The summed E-state index contributed by atoms with van der Waals surface area (Å²) in [7, 11) is 1.66. The largest absolute Gasteiger partial charge is 0.481 e. The lowest BCUT2D eigenvalue weighted by Gasteiger charge is -2.41. The summed E-state index contributed by atoms with van der Waals surface area (Å²) < 4.78 is 13.4. The number of carbonyl (C=O) groups is 1. The van der Waals surface area contributed by atoms with Crippen molar-refractivity contribution >= 4 is 5.91 Å². The molecular weight excluding hydrogens is 396 g/mol. The van der Waals surface area contributed by atoms with Crippen LogP contribution in [0.15, 0.2) is 18.3 Å². The Kier molecular flexibility index (Phi) is 6.52. The molecule has 1 N–H and O–H groups in total. The third-order valence-electron chi connectivity index (χ3n) is 6.51. The first-order valence-corrected chi connectivity index (χ1v) is 11.0. The second-order valence-electron chi connectivity index (χ2n) is 8.75. The summed E-state index contributed by atoms with van der Waals surface area (Å²) in [6, 6.07) is 4.11. The van der Waals surface area contributed by atoms with Crippen LogP contribution in [0.2, 0.25) is 0 Å². The van der Waals surface area contributed by atoms with Gasteiger partial charge in [0.15, 0.2) is 5.82 Å². The van der Waals surface area contributed by atoms with Crippen LogP contribution in [0.5, 0.6) is 5.88 Å². The number of pyridine rings is 1. The fraction of sp³-hybridized carbons (Fsp3) is 0.636. The molecule has 168 valence electrons. The molecule has 31 heavy (non-hydrogen) atoms. The van der Waals surface area contributed by atoms with E-state index in [4.69, 9.17) is 9.47 Å². The minimum atomic E-state index is -0.161. The highest BCUT2D eigenvalue weighted by Crippen LogP contribution is 2.37. The highest BCUT2D eigenvalue weighted by molar-refractivity contribution is 5.90. The van der Waals surface area contributed by atoms with Crippen molar-refractivity contribution in [3.63, 3.8) is 0 Å². The van der Waals surface area contributed by atoms with Gasteiger partial charge in [0.2, 0.25) is 11.7 Å². The number of rotatable bonds is 6. The van der Waals surface area contributed by atoms with E-state index in [0.717, 1.165) is 50.3 Å². The van der Waals surface area contributed by atoms with Gasteiger partial charge >= 0.3 is 0 Å². The van der Waals surface area contributed by atoms with E-state index in [-0.39, 0.29) is 17.4 Å². The molecule has 2 aromatic heterocycles. The number of amides is 1. The summed E-state index contributed by atoms with van der Waals surface area (Å²) >= 11 is 0. The maximum Gasteiger partial charge on any atom is 0.289 e. The Balaban J connectivity index is 1.45. The number of likely N-dealkylation sites (tertiary alicyclic amines) is 1. The molecule has 9 nitrogen and oxygen atoms in total. The van der Waals surface area contributed by atoms with Crippen LogP contribution in [0.25, 0.3) is 0 Å². The SMILES string of the molecule is CC[C@@H](C)NC(=O)c1nnc2n1CC1(CCN(Cc3cccnc3OC)CC1)COC2. The molecule has 0 radical (unpaired) electrons. The van der Waals surface area contributed by atoms with Gasteiger partial charge in [-0.2, -0.15) is 0 Å². The highest BCUT2D eigenvalue weighted by Gasteiger charge is 2.39. The summed E-state index contributed by atoms with van der Waals surface area (Å²) in [6.45, 7) is 8.54. The van der Waals surface area contributed by atoms with Crippen LogP contribution in [0.4, 0.5) is 0 Å². The number of hydrogen-bond donors (Lipinski definition) is 1. The first-order chi connectivity index (χ1) is 15.0. The molecule has 0 aliphatic carbocycles. The van der Waals surface area contributed by atoms with E-state index in [9.17, 15) is 4.79 Å². The van der Waals surface area contributed by atoms with Crippen LogP contribution >= 0.6 is 0 Å². The Morgan fingerprint density at radius 1 is 1.35 bits per heavy atom. The summed E-state index contributed by atoms with van der Waals surface area (Å²) in [5, 5.41) is 11.4. The minimum Gasteiger partial charge on any atom is -0.481 e. The molecule has 2 aromatic rings.